The number of rotatable bonds is 6. The molecular weight excluding hydrogens is 254 g/mol. The molecule has 1 aliphatic rings. The first-order valence-electron chi connectivity index (χ1n) is 7.57. The van der Waals surface area contributed by atoms with Gasteiger partial charge in [0.2, 0.25) is 0 Å². The van der Waals surface area contributed by atoms with Gasteiger partial charge in [-0.1, -0.05) is 27.2 Å². The molecule has 1 N–H and O–H groups in total. The third kappa shape index (κ3) is 3.93. The van der Waals surface area contributed by atoms with Gasteiger partial charge in [0.25, 0.3) is 0 Å². The van der Waals surface area contributed by atoms with Gasteiger partial charge in [-0.15, -0.1) is 11.3 Å². The van der Waals surface area contributed by atoms with Gasteiger partial charge in [0, 0.05) is 30.7 Å². The molecule has 108 valence electrons. The highest BCUT2D eigenvalue weighted by Crippen LogP contribution is 2.36. The Labute approximate surface area is 121 Å². The van der Waals surface area contributed by atoms with E-state index in [0.717, 1.165) is 13.1 Å². The van der Waals surface area contributed by atoms with Crippen molar-refractivity contribution in [2.75, 3.05) is 24.5 Å². The van der Waals surface area contributed by atoms with E-state index in [9.17, 15) is 0 Å². The van der Waals surface area contributed by atoms with E-state index in [-0.39, 0.29) is 0 Å². The standard InChI is InChI=1S/C15H27N3S/c1-4-8-16-11-13-12-17-14(19-13)18-9-6-15(3,5-2)7-10-18/h12,16H,4-11H2,1-3H3. The summed E-state index contributed by atoms with van der Waals surface area (Å²) in [6, 6.07) is 0. The predicted molar refractivity (Wildman–Crippen MR) is 84.0 cm³/mol. The Bertz CT molecular complexity index is 380. The second-order valence-electron chi connectivity index (χ2n) is 5.94. The summed E-state index contributed by atoms with van der Waals surface area (Å²) in [5.74, 6) is 0. The van der Waals surface area contributed by atoms with E-state index < -0.39 is 0 Å². The van der Waals surface area contributed by atoms with Crippen LogP contribution in [0.3, 0.4) is 0 Å². The van der Waals surface area contributed by atoms with Gasteiger partial charge in [0.1, 0.15) is 0 Å². The average Bonchev–Trinajstić information content (AvgIpc) is 2.89. The smallest absolute Gasteiger partial charge is 0.185 e. The fourth-order valence-corrected chi connectivity index (χ4v) is 3.44. The molecule has 1 aliphatic heterocycles. The number of hydrogen-bond acceptors (Lipinski definition) is 4. The maximum atomic E-state index is 4.60. The Morgan fingerprint density at radius 3 is 2.74 bits per heavy atom. The van der Waals surface area contributed by atoms with Crippen LogP contribution in [0.5, 0.6) is 0 Å². The van der Waals surface area contributed by atoms with Crippen LogP contribution >= 0.6 is 11.3 Å². The van der Waals surface area contributed by atoms with Crippen LogP contribution in [0.2, 0.25) is 0 Å². The minimum atomic E-state index is 0.555. The lowest BCUT2D eigenvalue weighted by atomic mass is 9.78. The molecule has 2 rings (SSSR count). The first kappa shape index (κ1) is 14.8. The van der Waals surface area contributed by atoms with Crippen molar-refractivity contribution in [3.8, 4) is 0 Å². The first-order valence-corrected chi connectivity index (χ1v) is 8.39. The molecule has 3 nitrogen and oxygen atoms in total. The minimum Gasteiger partial charge on any atom is -0.348 e. The van der Waals surface area contributed by atoms with E-state index in [4.69, 9.17) is 0 Å². The molecule has 2 heterocycles. The van der Waals surface area contributed by atoms with Crippen molar-refractivity contribution in [2.45, 2.75) is 53.0 Å². The largest absolute Gasteiger partial charge is 0.348 e. The molecule has 0 aromatic carbocycles. The molecule has 1 fully saturated rings. The van der Waals surface area contributed by atoms with Gasteiger partial charge in [-0.25, -0.2) is 4.98 Å². The summed E-state index contributed by atoms with van der Waals surface area (Å²) in [5, 5.41) is 4.66. The molecule has 0 amide bonds. The van der Waals surface area contributed by atoms with Gasteiger partial charge in [-0.05, 0) is 31.2 Å². The molecule has 1 aromatic heterocycles. The Morgan fingerprint density at radius 1 is 1.37 bits per heavy atom. The molecule has 0 atom stereocenters. The molecule has 0 saturated carbocycles. The Hall–Kier alpha value is -0.610. The van der Waals surface area contributed by atoms with Crippen LogP contribution in [0.25, 0.3) is 0 Å². The van der Waals surface area contributed by atoms with E-state index in [1.807, 2.05) is 17.5 Å². The van der Waals surface area contributed by atoms with E-state index >= 15 is 0 Å². The van der Waals surface area contributed by atoms with Crippen molar-refractivity contribution in [3.05, 3.63) is 11.1 Å². The Morgan fingerprint density at radius 2 is 2.11 bits per heavy atom. The number of piperidine rings is 1. The molecule has 0 aliphatic carbocycles. The summed E-state index contributed by atoms with van der Waals surface area (Å²) >= 11 is 1.85. The van der Waals surface area contributed by atoms with Crippen LogP contribution in [0.4, 0.5) is 5.13 Å². The number of thiazole rings is 1. The molecule has 4 heteroatoms. The molecule has 0 unspecified atom stereocenters. The van der Waals surface area contributed by atoms with E-state index in [0.29, 0.717) is 5.41 Å². The first-order chi connectivity index (χ1) is 9.17. The quantitative estimate of drug-likeness (QED) is 0.807. The number of nitrogens with one attached hydrogen (secondary N) is 1. The summed E-state index contributed by atoms with van der Waals surface area (Å²) < 4.78 is 0. The van der Waals surface area contributed by atoms with E-state index in [1.54, 1.807) is 0 Å². The summed E-state index contributed by atoms with van der Waals surface area (Å²) in [4.78, 5) is 8.41. The molecule has 0 radical (unpaired) electrons. The SMILES string of the molecule is CCCNCc1cnc(N2CCC(C)(CC)CC2)s1. The maximum Gasteiger partial charge on any atom is 0.185 e. The van der Waals surface area contributed by atoms with Crippen LogP contribution in [0.15, 0.2) is 6.20 Å². The van der Waals surface area contributed by atoms with Crippen LogP contribution in [-0.2, 0) is 6.54 Å². The molecule has 0 bridgehead atoms. The molecular formula is C15H27N3S. The van der Waals surface area contributed by atoms with Crippen LogP contribution in [0.1, 0.15) is 51.3 Å². The Kier molecular flexibility index (Phi) is 5.22. The normalized spacial score (nSPS) is 18.8. The second-order valence-corrected chi connectivity index (χ2v) is 7.03. The van der Waals surface area contributed by atoms with Gasteiger partial charge in [-0.3, -0.25) is 0 Å². The summed E-state index contributed by atoms with van der Waals surface area (Å²) in [5.41, 5.74) is 0.555. The Balaban J connectivity index is 1.86. The highest BCUT2D eigenvalue weighted by atomic mass is 32.1. The number of aromatic nitrogens is 1. The zero-order valence-electron chi connectivity index (χ0n) is 12.5. The van der Waals surface area contributed by atoms with Gasteiger partial charge in [0.05, 0.1) is 0 Å². The third-order valence-electron chi connectivity index (χ3n) is 4.36. The van der Waals surface area contributed by atoms with Crippen molar-refractivity contribution < 1.29 is 0 Å². The third-order valence-corrected chi connectivity index (χ3v) is 5.42. The van der Waals surface area contributed by atoms with Gasteiger partial charge in [0.15, 0.2) is 5.13 Å². The molecule has 19 heavy (non-hydrogen) atoms. The predicted octanol–water partition coefficient (Wildman–Crippen LogP) is 3.66. The highest BCUT2D eigenvalue weighted by molar-refractivity contribution is 7.15. The van der Waals surface area contributed by atoms with Gasteiger partial charge < -0.3 is 10.2 Å². The van der Waals surface area contributed by atoms with Crippen molar-refractivity contribution >= 4 is 16.5 Å². The fourth-order valence-electron chi connectivity index (χ4n) is 2.50. The zero-order chi connectivity index (χ0) is 13.7. The number of anilines is 1. The average molecular weight is 281 g/mol. The van der Waals surface area contributed by atoms with Crippen LogP contribution in [-0.4, -0.2) is 24.6 Å². The van der Waals surface area contributed by atoms with Crippen molar-refractivity contribution in [1.82, 2.24) is 10.3 Å². The van der Waals surface area contributed by atoms with E-state index in [1.165, 1.54) is 48.8 Å². The highest BCUT2D eigenvalue weighted by Gasteiger charge is 2.29. The van der Waals surface area contributed by atoms with Crippen molar-refractivity contribution in [2.24, 2.45) is 5.41 Å². The van der Waals surface area contributed by atoms with Crippen molar-refractivity contribution in [3.63, 3.8) is 0 Å². The summed E-state index contributed by atoms with van der Waals surface area (Å²) in [7, 11) is 0. The fraction of sp³-hybridized carbons (Fsp3) is 0.800. The monoisotopic (exact) mass is 281 g/mol. The summed E-state index contributed by atoms with van der Waals surface area (Å²) in [6.07, 6.45) is 7.12. The van der Waals surface area contributed by atoms with E-state index in [2.05, 4.69) is 36.0 Å². The molecule has 1 aromatic rings. The zero-order valence-corrected chi connectivity index (χ0v) is 13.4. The second kappa shape index (κ2) is 6.71. The lowest BCUT2D eigenvalue weighted by Gasteiger charge is -2.38. The van der Waals surface area contributed by atoms with Crippen LogP contribution in [0, 0.1) is 5.41 Å². The van der Waals surface area contributed by atoms with Crippen LogP contribution < -0.4 is 10.2 Å². The minimum absolute atomic E-state index is 0.555. The van der Waals surface area contributed by atoms with Gasteiger partial charge >= 0.3 is 0 Å². The number of hydrogen-bond donors (Lipinski definition) is 1. The maximum absolute atomic E-state index is 4.60. The topological polar surface area (TPSA) is 28.2 Å². The lowest BCUT2D eigenvalue weighted by Crippen LogP contribution is -2.38. The lowest BCUT2D eigenvalue weighted by molar-refractivity contribution is 0.238. The molecule has 0 spiro atoms. The molecule has 1 saturated heterocycles. The number of nitrogens with zero attached hydrogens (tertiary/aromatic N) is 2. The van der Waals surface area contributed by atoms with Crippen molar-refractivity contribution in [1.29, 1.82) is 0 Å². The van der Waals surface area contributed by atoms with Gasteiger partial charge in [-0.2, -0.15) is 0 Å². The summed E-state index contributed by atoms with van der Waals surface area (Å²) in [6.45, 7) is 11.3.